The number of hydrogen-bond donors (Lipinski definition) is 0. The molecule has 0 spiro atoms. The first-order valence-corrected chi connectivity index (χ1v) is 7.01. The Hall–Kier alpha value is -2.41. The van der Waals surface area contributed by atoms with Crippen LogP contribution in [0, 0.1) is 0 Å². The number of hydrogen-bond acceptors (Lipinski definition) is 5. The average molecular weight is 293 g/mol. The van der Waals surface area contributed by atoms with E-state index in [-0.39, 0.29) is 16.2 Å². The number of ether oxygens (including phenoxy) is 1. The highest BCUT2D eigenvalue weighted by Gasteiger charge is 2.24. The normalized spacial score (nSPS) is 11.1. The van der Waals surface area contributed by atoms with E-state index in [1.54, 1.807) is 18.2 Å². The third-order valence-corrected chi connectivity index (χ3v) is 4.33. The van der Waals surface area contributed by atoms with Gasteiger partial charge < -0.3 is 4.74 Å². The number of rotatable bonds is 4. The number of aromatic nitrogens is 1. The summed E-state index contributed by atoms with van der Waals surface area (Å²) in [6, 6.07) is 8.77. The lowest BCUT2D eigenvalue weighted by atomic mass is 10.3. The van der Waals surface area contributed by atoms with Crippen LogP contribution in [0.1, 0.15) is 20.8 Å². The SMILES string of the molecule is COC(=O)c1cc(C=O)cn1S(=O)(=O)c1ccccc1. The van der Waals surface area contributed by atoms with Gasteiger partial charge in [-0.1, -0.05) is 18.2 Å². The molecule has 0 bridgehead atoms. The van der Waals surface area contributed by atoms with Crippen molar-refractivity contribution in [2.75, 3.05) is 7.11 Å². The summed E-state index contributed by atoms with van der Waals surface area (Å²) in [5.41, 5.74) is -0.150. The molecule has 0 aliphatic heterocycles. The van der Waals surface area contributed by atoms with Gasteiger partial charge in [-0.05, 0) is 18.2 Å². The van der Waals surface area contributed by atoms with Crippen molar-refractivity contribution in [1.82, 2.24) is 3.97 Å². The molecule has 1 aromatic carbocycles. The third kappa shape index (κ3) is 2.35. The summed E-state index contributed by atoms with van der Waals surface area (Å²) in [5, 5.41) is 0. The minimum absolute atomic E-state index is 0.0122. The van der Waals surface area contributed by atoms with E-state index in [1.165, 1.54) is 18.2 Å². The third-order valence-electron chi connectivity index (χ3n) is 2.64. The summed E-state index contributed by atoms with van der Waals surface area (Å²) >= 11 is 0. The zero-order valence-corrected chi connectivity index (χ0v) is 11.3. The Morgan fingerprint density at radius 1 is 1.25 bits per heavy atom. The number of methoxy groups -OCH3 is 1. The van der Waals surface area contributed by atoms with Crippen LogP contribution in [-0.2, 0) is 14.8 Å². The number of aldehydes is 1. The van der Waals surface area contributed by atoms with Crippen molar-refractivity contribution in [3.05, 3.63) is 53.9 Å². The van der Waals surface area contributed by atoms with Crippen LogP contribution >= 0.6 is 0 Å². The lowest BCUT2D eigenvalue weighted by molar-refractivity contribution is 0.0593. The van der Waals surface area contributed by atoms with Gasteiger partial charge in [0.05, 0.1) is 12.0 Å². The van der Waals surface area contributed by atoms with Gasteiger partial charge in [-0.3, -0.25) is 4.79 Å². The fraction of sp³-hybridized carbons (Fsp3) is 0.0769. The highest BCUT2D eigenvalue weighted by molar-refractivity contribution is 7.90. The molecule has 1 aromatic heterocycles. The van der Waals surface area contributed by atoms with Gasteiger partial charge in [0.25, 0.3) is 10.0 Å². The fourth-order valence-corrected chi connectivity index (χ4v) is 3.06. The van der Waals surface area contributed by atoms with Crippen molar-refractivity contribution in [3.8, 4) is 0 Å². The van der Waals surface area contributed by atoms with Crippen LogP contribution in [0.4, 0.5) is 0 Å². The Bertz CT molecular complexity index is 746. The van der Waals surface area contributed by atoms with E-state index in [0.717, 1.165) is 17.3 Å². The Kier molecular flexibility index (Phi) is 3.71. The lowest BCUT2D eigenvalue weighted by Gasteiger charge is -2.08. The van der Waals surface area contributed by atoms with Gasteiger partial charge >= 0.3 is 5.97 Å². The van der Waals surface area contributed by atoms with E-state index in [1.807, 2.05) is 0 Å². The van der Waals surface area contributed by atoms with Crippen LogP contribution in [0.5, 0.6) is 0 Å². The molecule has 0 radical (unpaired) electrons. The lowest BCUT2D eigenvalue weighted by Crippen LogP contribution is -2.18. The molecule has 2 rings (SSSR count). The second-order valence-corrected chi connectivity index (χ2v) is 5.70. The molecule has 7 heteroatoms. The molecule has 0 atom stereocenters. The highest BCUT2D eigenvalue weighted by Crippen LogP contribution is 2.18. The Morgan fingerprint density at radius 3 is 2.45 bits per heavy atom. The summed E-state index contributed by atoms with van der Waals surface area (Å²) in [4.78, 5) is 22.4. The number of nitrogens with zero attached hydrogens (tertiary/aromatic N) is 1. The summed E-state index contributed by atoms with van der Waals surface area (Å²) in [5.74, 6) is -0.836. The first-order chi connectivity index (χ1) is 9.50. The molecule has 0 saturated heterocycles. The largest absolute Gasteiger partial charge is 0.464 e. The van der Waals surface area contributed by atoms with E-state index in [9.17, 15) is 18.0 Å². The van der Waals surface area contributed by atoms with Crippen LogP contribution in [0.15, 0.2) is 47.5 Å². The van der Waals surface area contributed by atoms with Gasteiger partial charge in [0.15, 0.2) is 6.29 Å². The van der Waals surface area contributed by atoms with Gasteiger partial charge in [-0.15, -0.1) is 0 Å². The second kappa shape index (κ2) is 5.30. The van der Waals surface area contributed by atoms with E-state index < -0.39 is 16.0 Å². The summed E-state index contributed by atoms with van der Waals surface area (Å²) in [7, 11) is -2.82. The van der Waals surface area contributed by atoms with E-state index in [4.69, 9.17) is 0 Å². The van der Waals surface area contributed by atoms with Crippen molar-refractivity contribution in [3.63, 3.8) is 0 Å². The van der Waals surface area contributed by atoms with Crippen molar-refractivity contribution >= 4 is 22.3 Å². The molecule has 0 aliphatic carbocycles. The second-order valence-electron chi connectivity index (χ2n) is 3.88. The van der Waals surface area contributed by atoms with Crippen LogP contribution in [0.3, 0.4) is 0 Å². The zero-order chi connectivity index (χ0) is 14.8. The molecule has 0 aliphatic rings. The molecule has 2 aromatic rings. The Labute approximate surface area is 115 Å². The molecule has 0 unspecified atom stereocenters. The van der Waals surface area contributed by atoms with Gasteiger partial charge in [-0.25, -0.2) is 17.2 Å². The number of carbonyl (C=O) groups excluding carboxylic acids is 2. The van der Waals surface area contributed by atoms with Crippen molar-refractivity contribution in [2.24, 2.45) is 0 Å². The van der Waals surface area contributed by atoms with E-state index in [2.05, 4.69) is 4.74 Å². The van der Waals surface area contributed by atoms with Crippen LogP contribution in [-0.4, -0.2) is 31.8 Å². The average Bonchev–Trinajstić information content (AvgIpc) is 2.92. The smallest absolute Gasteiger partial charge is 0.355 e. The molecule has 20 heavy (non-hydrogen) atoms. The molecule has 0 N–H and O–H groups in total. The van der Waals surface area contributed by atoms with Crippen molar-refractivity contribution < 1.29 is 22.7 Å². The predicted octanol–water partition coefficient (Wildman–Crippen LogP) is 1.32. The summed E-state index contributed by atoms with van der Waals surface area (Å²) in [6.45, 7) is 0. The maximum Gasteiger partial charge on any atom is 0.355 e. The standard InChI is InChI=1S/C13H11NO5S/c1-19-13(16)12-7-10(9-15)8-14(12)20(17,18)11-5-3-2-4-6-11/h2-9H,1H3. The van der Waals surface area contributed by atoms with E-state index in [0.29, 0.717) is 6.29 Å². The number of carbonyl (C=O) groups is 2. The predicted molar refractivity (Wildman–Crippen MR) is 70.2 cm³/mol. The maximum atomic E-state index is 12.4. The minimum atomic E-state index is -3.96. The van der Waals surface area contributed by atoms with Gasteiger partial charge in [0.1, 0.15) is 5.69 Å². The highest BCUT2D eigenvalue weighted by atomic mass is 32.2. The van der Waals surface area contributed by atoms with Crippen LogP contribution in [0.2, 0.25) is 0 Å². The molecule has 0 fully saturated rings. The Morgan fingerprint density at radius 2 is 1.90 bits per heavy atom. The first-order valence-electron chi connectivity index (χ1n) is 5.57. The van der Waals surface area contributed by atoms with Crippen molar-refractivity contribution in [2.45, 2.75) is 4.90 Å². The molecule has 104 valence electrons. The molecule has 0 amide bonds. The van der Waals surface area contributed by atoms with Gasteiger partial charge in [0.2, 0.25) is 0 Å². The first kappa shape index (κ1) is 14.0. The van der Waals surface area contributed by atoms with Gasteiger partial charge in [-0.2, -0.15) is 0 Å². The molecule has 6 nitrogen and oxygen atoms in total. The molecule has 0 saturated carbocycles. The topological polar surface area (TPSA) is 82.4 Å². The molecule has 1 heterocycles. The zero-order valence-electron chi connectivity index (χ0n) is 10.5. The van der Waals surface area contributed by atoms with Crippen molar-refractivity contribution in [1.29, 1.82) is 0 Å². The number of esters is 1. The fourth-order valence-electron chi connectivity index (χ4n) is 1.69. The summed E-state index contributed by atoms with van der Waals surface area (Å²) < 4.78 is 30.2. The van der Waals surface area contributed by atoms with Crippen LogP contribution in [0.25, 0.3) is 0 Å². The van der Waals surface area contributed by atoms with Crippen LogP contribution < -0.4 is 0 Å². The Balaban J connectivity index is 2.66. The quantitative estimate of drug-likeness (QED) is 0.627. The monoisotopic (exact) mass is 293 g/mol. The number of benzene rings is 1. The van der Waals surface area contributed by atoms with Gasteiger partial charge in [0, 0.05) is 11.8 Å². The van der Waals surface area contributed by atoms with E-state index >= 15 is 0 Å². The molecular weight excluding hydrogens is 282 g/mol. The minimum Gasteiger partial charge on any atom is -0.464 e. The summed E-state index contributed by atoms with van der Waals surface area (Å²) in [6.07, 6.45) is 1.55. The maximum absolute atomic E-state index is 12.4. The molecular formula is C13H11NO5S.